The third-order valence-corrected chi connectivity index (χ3v) is 3.74. The molecule has 0 saturated heterocycles. The highest BCUT2D eigenvalue weighted by Gasteiger charge is 2.39. The Kier molecular flexibility index (Phi) is 6.60. The van der Waals surface area contributed by atoms with Crippen molar-refractivity contribution in [1.29, 1.82) is 0 Å². The summed E-state index contributed by atoms with van der Waals surface area (Å²) < 4.78 is 0. The fourth-order valence-corrected chi connectivity index (χ4v) is 2.64. The number of hydrogen-bond acceptors (Lipinski definition) is 4. The van der Waals surface area contributed by atoms with Crippen molar-refractivity contribution in [2.75, 3.05) is 0 Å². The molecule has 0 spiro atoms. The molecule has 0 unspecified atom stereocenters. The van der Waals surface area contributed by atoms with Gasteiger partial charge in [-0.2, -0.15) is 0 Å². The van der Waals surface area contributed by atoms with E-state index in [0.717, 1.165) is 38.5 Å². The van der Waals surface area contributed by atoms with Crippen molar-refractivity contribution in [1.82, 2.24) is 0 Å². The van der Waals surface area contributed by atoms with Crippen molar-refractivity contribution in [3.8, 4) is 0 Å². The minimum atomic E-state index is -1.00. The monoisotopic (exact) mass is 258 g/mol. The number of nitro groups is 2. The number of hydrogen-bond donors (Lipinski definition) is 0. The lowest BCUT2D eigenvalue weighted by Gasteiger charge is -2.15. The van der Waals surface area contributed by atoms with Crippen LogP contribution in [0, 0.1) is 20.2 Å². The van der Waals surface area contributed by atoms with Crippen LogP contribution in [0.4, 0.5) is 0 Å². The third-order valence-electron chi connectivity index (χ3n) is 3.74. The molecule has 0 aliphatic heterocycles. The van der Waals surface area contributed by atoms with E-state index in [4.69, 9.17) is 0 Å². The molecule has 1 fully saturated rings. The van der Waals surface area contributed by atoms with Crippen LogP contribution < -0.4 is 0 Å². The SMILES string of the molecule is O=[N+]([O-])[C@@H]1CCCCCCCCCC[C@H]1[N+](=O)[O-]. The summed E-state index contributed by atoms with van der Waals surface area (Å²) in [6.45, 7) is 0. The number of nitrogens with zero attached hydrogens (tertiary/aromatic N) is 2. The van der Waals surface area contributed by atoms with Gasteiger partial charge in [0.25, 0.3) is 12.1 Å². The molecule has 0 amide bonds. The average Bonchev–Trinajstić information content (AvgIpc) is 2.28. The lowest BCUT2D eigenvalue weighted by molar-refractivity contribution is -0.618. The van der Waals surface area contributed by atoms with Crippen molar-refractivity contribution >= 4 is 0 Å². The fraction of sp³-hybridized carbons (Fsp3) is 1.00. The Morgan fingerprint density at radius 3 is 1.17 bits per heavy atom. The topological polar surface area (TPSA) is 86.3 Å². The molecular weight excluding hydrogens is 236 g/mol. The Balaban J connectivity index is 2.64. The van der Waals surface area contributed by atoms with E-state index in [9.17, 15) is 20.2 Å². The second kappa shape index (κ2) is 8.00. The Labute approximate surface area is 107 Å². The van der Waals surface area contributed by atoms with Gasteiger partial charge in [0, 0.05) is 22.7 Å². The van der Waals surface area contributed by atoms with Crippen molar-refractivity contribution in [2.45, 2.75) is 76.3 Å². The van der Waals surface area contributed by atoms with Gasteiger partial charge < -0.3 is 0 Å². The maximum Gasteiger partial charge on any atom is 0.279 e. The first-order chi connectivity index (χ1) is 8.63. The van der Waals surface area contributed by atoms with Gasteiger partial charge in [0.1, 0.15) is 0 Å². The first kappa shape index (κ1) is 14.9. The van der Waals surface area contributed by atoms with Crippen molar-refractivity contribution in [2.24, 2.45) is 0 Å². The molecule has 1 aliphatic rings. The lowest BCUT2D eigenvalue weighted by Crippen LogP contribution is -2.39. The minimum absolute atomic E-state index is 0.346. The molecule has 0 N–H and O–H groups in total. The molecule has 1 rings (SSSR count). The molecule has 0 aromatic heterocycles. The van der Waals surface area contributed by atoms with Crippen LogP contribution in [0.3, 0.4) is 0 Å². The minimum Gasteiger partial charge on any atom is -0.264 e. The summed E-state index contributed by atoms with van der Waals surface area (Å²) in [6, 6.07) is -2.00. The first-order valence-electron chi connectivity index (χ1n) is 6.90. The second-order valence-electron chi connectivity index (χ2n) is 5.11. The average molecular weight is 258 g/mol. The van der Waals surface area contributed by atoms with Gasteiger partial charge in [-0.3, -0.25) is 20.2 Å². The Morgan fingerprint density at radius 1 is 0.611 bits per heavy atom. The van der Waals surface area contributed by atoms with E-state index < -0.39 is 21.9 Å². The smallest absolute Gasteiger partial charge is 0.264 e. The molecule has 2 atom stereocenters. The molecule has 0 aromatic rings. The molecule has 0 heterocycles. The van der Waals surface area contributed by atoms with Gasteiger partial charge in [-0.25, -0.2) is 0 Å². The predicted octanol–water partition coefficient (Wildman–Crippen LogP) is 3.19. The van der Waals surface area contributed by atoms with E-state index in [1.807, 2.05) is 0 Å². The highest BCUT2D eigenvalue weighted by Crippen LogP contribution is 2.20. The molecule has 1 aliphatic carbocycles. The molecule has 104 valence electrons. The van der Waals surface area contributed by atoms with Crippen molar-refractivity contribution in [3.63, 3.8) is 0 Å². The maximum atomic E-state index is 11.0. The van der Waals surface area contributed by atoms with E-state index in [1.165, 1.54) is 12.8 Å². The summed E-state index contributed by atoms with van der Waals surface area (Å²) in [5.74, 6) is 0. The van der Waals surface area contributed by atoms with Gasteiger partial charge in [-0.1, -0.05) is 38.5 Å². The van der Waals surface area contributed by atoms with Crippen LogP contribution in [0.5, 0.6) is 0 Å². The maximum absolute atomic E-state index is 11.0. The summed E-state index contributed by atoms with van der Waals surface area (Å²) in [5, 5.41) is 22.0. The van der Waals surface area contributed by atoms with Gasteiger partial charge >= 0.3 is 0 Å². The quantitative estimate of drug-likeness (QED) is 0.562. The molecule has 0 radical (unpaired) electrons. The molecule has 1 saturated carbocycles. The summed E-state index contributed by atoms with van der Waals surface area (Å²) in [5.41, 5.74) is 0. The van der Waals surface area contributed by atoms with Gasteiger partial charge in [-0.15, -0.1) is 0 Å². The van der Waals surface area contributed by atoms with Gasteiger partial charge in [-0.05, 0) is 12.8 Å². The Bertz CT molecular complexity index is 255. The number of rotatable bonds is 2. The highest BCUT2D eigenvalue weighted by molar-refractivity contribution is 4.70. The molecular formula is C12H22N2O4. The normalized spacial score (nSPS) is 27.8. The lowest BCUT2D eigenvalue weighted by atomic mass is 9.95. The zero-order valence-corrected chi connectivity index (χ0v) is 10.8. The Hall–Kier alpha value is -1.20. The van der Waals surface area contributed by atoms with E-state index in [1.54, 1.807) is 0 Å². The first-order valence-corrected chi connectivity index (χ1v) is 6.90. The van der Waals surface area contributed by atoms with Gasteiger partial charge in [0.2, 0.25) is 0 Å². The van der Waals surface area contributed by atoms with Crippen LogP contribution in [0.15, 0.2) is 0 Å². The van der Waals surface area contributed by atoms with Gasteiger partial charge in [0.05, 0.1) is 0 Å². The molecule has 0 bridgehead atoms. The van der Waals surface area contributed by atoms with Crippen LogP contribution in [0.25, 0.3) is 0 Å². The van der Waals surface area contributed by atoms with E-state index >= 15 is 0 Å². The third kappa shape index (κ3) is 4.98. The second-order valence-corrected chi connectivity index (χ2v) is 5.11. The summed E-state index contributed by atoms with van der Waals surface area (Å²) in [4.78, 5) is 21.1. The van der Waals surface area contributed by atoms with Crippen LogP contribution in [-0.2, 0) is 0 Å². The summed E-state index contributed by atoms with van der Waals surface area (Å²) in [7, 11) is 0. The zero-order valence-electron chi connectivity index (χ0n) is 10.8. The zero-order chi connectivity index (χ0) is 13.4. The van der Waals surface area contributed by atoms with Crippen LogP contribution in [0.2, 0.25) is 0 Å². The predicted molar refractivity (Wildman–Crippen MR) is 67.7 cm³/mol. The summed E-state index contributed by atoms with van der Waals surface area (Å²) in [6.07, 6.45) is 8.61. The van der Waals surface area contributed by atoms with Gasteiger partial charge in [0.15, 0.2) is 0 Å². The molecule has 0 aromatic carbocycles. The largest absolute Gasteiger partial charge is 0.279 e. The standard InChI is InChI=1S/C12H22N2O4/c15-13(16)11-9-7-5-3-1-2-4-6-8-10-12(11)14(17)18/h11-12H,1-10H2/t11-,12-/m1/s1. The van der Waals surface area contributed by atoms with E-state index in [-0.39, 0.29) is 0 Å². The summed E-state index contributed by atoms with van der Waals surface area (Å²) >= 11 is 0. The van der Waals surface area contributed by atoms with Crippen molar-refractivity contribution in [3.05, 3.63) is 20.2 Å². The van der Waals surface area contributed by atoms with E-state index in [0.29, 0.717) is 12.8 Å². The van der Waals surface area contributed by atoms with Crippen molar-refractivity contribution < 1.29 is 9.85 Å². The molecule has 6 heteroatoms. The fourth-order valence-electron chi connectivity index (χ4n) is 2.64. The molecule has 6 nitrogen and oxygen atoms in total. The van der Waals surface area contributed by atoms with E-state index in [2.05, 4.69) is 0 Å². The Morgan fingerprint density at radius 2 is 0.889 bits per heavy atom. The highest BCUT2D eigenvalue weighted by atomic mass is 16.6. The van der Waals surface area contributed by atoms with Crippen LogP contribution in [-0.4, -0.2) is 21.9 Å². The van der Waals surface area contributed by atoms with Crippen LogP contribution >= 0.6 is 0 Å². The molecule has 18 heavy (non-hydrogen) atoms. The van der Waals surface area contributed by atoms with Crippen LogP contribution in [0.1, 0.15) is 64.2 Å².